The van der Waals surface area contributed by atoms with Crippen LogP contribution < -0.4 is 10.6 Å². The average molecular weight is 457 g/mol. The maximum atomic E-state index is 12.0. The van der Waals surface area contributed by atoms with Gasteiger partial charge in [0, 0.05) is 41.4 Å². The van der Waals surface area contributed by atoms with Crippen molar-refractivity contribution in [2.45, 2.75) is 65.0 Å². The Bertz CT molecular complexity index is 401. The molecule has 0 saturated heterocycles. The van der Waals surface area contributed by atoms with Crippen LogP contribution in [0, 0.1) is 11.3 Å². The van der Waals surface area contributed by atoms with E-state index in [1.54, 1.807) is 7.05 Å². The molecule has 23 heavy (non-hydrogen) atoms. The molecule has 0 aliphatic heterocycles. The van der Waals surface area contributed by atoms with Crippen molar-refractivity contribution in [2.24, 2.45) is 16.3 Å². The molecule has 1 rings (SSSR count). The van der Waals surface area contributed by atoms with Crippen LogP contribution in [0.5, 0.6) is 0 Å². The first kappa shape index (κ1) is 23.1. The second-order valence-corrected chi connectivity index (χ2v) is 10.3. The normalized spacial score (nSPS) is 18.8. The molecule has 0 spiro atoms. The third-order valence-electron chi connectivity index (χ3n) is 4.37. The third kappa shape index (κ3) is 8.18. The minimum absolute atomic E-state index is 0. The molecule has 138 valence electrons. The number of guanidine groups is 1. The van der Waals surface area contributed by atoms with E-state index in [4.69, 9.17) is 0 Å². The van der Waals surface area contributed by atoms with Gasteiger partial charge in [-0.1, -0.05) is 20.3 Å². The highest BCUT2D eigenvalue weighted by molar-refractivity contribution is 14.0. The summed E-state index contributed by atoms with van der Waals surface area (Å²) >= 11 is 0. The van der Waals surface area contributed by atoms with Crippen LogP contribution in [0.4, 0.5) is 0 Å². The van der Waals surface area contributed by atoms with Gasteiger partial charge in [0.2, 0.25) is 0 Å². The molecule has 0 amide bonds. The summed E-state index contributed by atoms with van der Waals surface area (Å²) in [6.45, 7) is 12.3. The average Bonchev–Trinajstić information content (AvgIpc) is 2.37. The molecule has 1 fully saturated rings. The lowest BCUT2D eigenvalue weighted by Gasteiger charge is -2.43. The number of rotatable bonds is 7. The van der Waals surface area contributed by atoms with E-state index in [-0.39, 0.29) is 28.7 Å². The number of halogens is 1. The minimum Gasteiger partial charge on any atom is -0.356 e. The summed E-state index contributed by atoms with van der Waals surface area (Å²) in [5.74, 6) is 2.23. The Morgan fingerprint density at radius 1 is 1.26 bits per heavy atom. The Balaban J connectivity index is 0.00000484. The van der Waals surface area contributed by atoms with Crippen molar-refractivity contribution < 1.29 is 4.21 Å². The first-order chi connectivity index (χ1) is 10.2. The maximum Gasteiger partial charge on any atom is 0.191 e. The molecule has 6 heteroatoms. The summed E-state index contributed by atoms with van der Waals surface area (Å²) in [7, 11) is 0.977. The summed E-state index contributed by atoms with van der Waals surface area (Å²) in [6, 6.07) is 0. The van der Waals surface area contributed by atoms with Gasteiger partial charge < -0.3 is 10.6 Å². The first-order valence-electron chi connectivity index (χ1n) is 8.51. The van der Waals surface area contributed by atoms with Gasteiger partial charge in [-0.3, -0.25) is 9.20 Å². The molecule has 0 aromatic heterocycles. The maximum absolute atomic E-state index is 12.0. The lowest BCUT2D eigenvalue weighted by molar-refractivity contribution is 0.104. The summed E-state index contributed by atoms with van der Waals surface area (Å²) in [5.41, 5.74) is 0.458. The zero-order valence-corrected chi connectivity index (χ0v) is 18.8. The van der Waals surface area contributed by atoms with Gasteiger partial charge in [0.1, 0.15) is 0 Å². The Labute approximate surface area is 162 Å². The van der Waals surface area contributed by atoms with Crippen molar-refractivity contribution in [3.8, 4) is 0 Å². The zero-order chi connectivity index (χ0) is 16.8. The van der Waals surface area contributed by atoms with Crippen molar-refractivity contribution >= 4 is 40.7 Å². The molecule has 0 heterocycles. The molecule has 0 bridgehead atoms. The fourth-order valence-electron chi connectivity index (χ4n) is 3.06. The lowest BCUT2D eigenvalue weighted by Crippen LogP contribution is -2.47. The summed E-state index contributed by atoms with van der Waals surface area (Å²) < 4.78 is 11.9. The van der Waals surface area contributed by atoms with Crippen LogP contribution >= 0.6 is 24.0 Å². The van der Waals surface area contributed by atoms with Crippen molar-refractivity contribution in [1.82, 2.24) is 10.6 Å². The standard InChI is InChI=1S/C17H35N3OS.HI/c1-14(2)12-17(8-7-9-17)13-20-15(18-6)19-10-11-22(21)16(3,4)5;/h14H,7-13H2,1-6H3,(H2,18,19,20);1H. The molecule has 0 aromatic carbocycles. The van der Waals surface area contributed by atoms with Gasteiger partial charge in [-0.25, -0.2) is 0 Å². The molecule has 1 aliphatic rings. The fraction of sp³-hybridized carbons (Fsp3) is 0.941. The van der Waals surface area contributed by atoms with Gasteiger partial charge in [-0.2, -0.15) is 0 Å². The van der Waals surface area contributed by atoms with E-state index in [1.165, 1.54) is 25.7 Å². The molecule has 0 aromatic rings. The van der Waals surface area contributed by atoms with Crippen LogP contribution in [-0.2, 0) is 10.8 Å². The highest BCUT2D eigenvalue weighted by atomic mass is 127. The Kier molecular flexibility index (Phi) is 10.3. The van der Waals surface area contributed by atoms with Gasteiger partial charge in [0.05, 0.1) is 0 Å². The van der Waals surface area contributed by atoms with Crippen molar-refractivity contribution in [2.75, 3.05) is 25.9 Å². The van der Waals surface area contributed by atoms with Gasteiger partial charge in [0.15, 0.2) is 5.96 Å². The highest BCUT2D eigenvalue weighted by Gasteiger charge is 2.37. The van der Waals surface area contributed by atoms with Crippen molar-refractivity contribution in [3.63, 3.8) is 0 Å². The first-order valence-corrected chi connectivity index (χ1v) is 9.83. The largest absolute Gasteiger partial charge is 0.356 e. The van der Waals surface area contributed by atoms with E-state index < -0.39 is 10.8 Å². The monoisotopic (exact) mass is 457 g/mol. The molecule has 4 nitrogen and oxygen atoms in total. The van der Waals surface area contributed by atoms with E-state index in [0.29, 0.717) is 17.7 Å². The molecular formula is C17H36IN3OS. The van der Waals surface area contributed by atoms with Crippen molar-refractivity contribution in [3.05, 3.63) is 0 Å². The van der Waals surface area contributed by atoms with E-state index in [1.807, 2.05) is 20.8 Å². The number of nitrogens with zero attached hydrogens (tertiary/aromatic N) is 1. The lowest BCUT2D eigenvalue weighted by atomic mass is 9.64. The van der Waals surface area contributed by atoms with Crippen LogP contribution in [-0.4, -0.2) is 40.8 Å². The highest BCUT2D eigenvalue weighted by Crippen LogP contribution is 2.45. The van der Waals surface area contributed by atoms with E-state index in [2.05, 4.69) is 29.5 Å². The van der Waals surface area contributed by atoms with Crippen LogP contribution in [0.15, 0.2) is 4.99 Å². The van der Waals surface area contributed by atoms with E-state index in [9.17, 15) is 4.21 Å². The van der Waals surface area contributed by atoms with Gasteiger partial charge in [0.25, 0.3) is 0 Å². The number of nitrogens with one attached hydrogen (secondary N) is 2. The molecule has 1 atom stereocenters. The van der Waals surface area contributed by atoms with E-state index >= 15 is 0 Å². The molecule has 1 unspecified atom stereocenters. The molecule has 2 N–H and O–H groups in total. The fourth-order valence-corrected chi connectivity index (χ4v) is 3.96. The van der Waals surface area contributed by atoms with Gasteiger partial charge >= 0.3 is 0 Å². The van der Waals surface area contributed by atoms with Gasteiger partial charge in [-0.15, -0.1) is 24.0 Å². The molecule has 1 aliphatic carbocycles. The summed E-state index contributed by atoms with van der Waals surface area (Å²) in [6.07, 6.45) is 5.28. The summed E-state index contributed by atoms with van der Waals surface area (Å²) in [4.78, 5) is 4.28. The number of hydrogen-bond donors (Lipinski definition) is 2. The van der Waals surface area contributed by atoms with Crippen LogP contribution in [0.2, 0.25) is 0 Å². The van der Waals surface area contributed by atoms with Crippen LogP contribution in [0.1, 0.15) is 60.3 Å². The zero-order valence-electron chi connectivity index (χ0n) is 15.7. The van der Waals surface area contributed by atoms with Gasteiger partial charge in [-0.05, 0) is 51.4 Å². The predicted molar refractivity (Wildman–Crippen MR) is 113 cm³/mol. The van der Waals surface area contributed by atoms with E-state index in [0.717, 1.165) is 18.4 Å². The Hall–Kier alpha value is 0.150. The Morgan fingerprint density at radius 2 is 1.87 bits per heavy atom. The minimum atomic E-state index is -0.820. The number of hydrogen-bond acceptors (Lipinski definition) is 2. The second kappa shape index (κ2) is 10.2. The molecule has 1 saturated carbocycles. The molecular weight excluding hydrogens is 421 g/mol. The van der Waals surface area contributed by atoms with Crippen LogP contribution in [0.3, 0.4) is 0 Å². The summed E-state index contributed by atoms with van der Waals surface area (Å²) in [5, 5.41) is 6.76. The Morgan fingerprint density at radius 3 is 2.26 bits per heavy atom. The van der Waals surface area contributed by atoms with Crippen LogP contribution in [0.25, 0.3) is 0 Å². The SMILES string of the molecule is CN=C(NCCS(=O)C(C)(C)C)NCC1(CC(C)C)CCC1.I. The predicted octanol–water partition coefficient (Wildman–Crippen LogP) is 3.53. The number of aliphatic imine (C=N–C) groups is 1. The molecule has 0 radical (unpaired) electrons. The quantitative estimate of drug-likeness (QED) is 0.350. The topological polar surface area (TPSA) is 53.5 Å². The second-order valence-electron chi connectivity index (χ2n) is 7.97. The third-order valence-corrected chi connectivity index (χ3v) is 6.31. The van der Waals surface area contributed by atoms with Crippen molar-refractivity contribution in [1.29, 1.82) is 0 Å². The smallest absolute Gasteiger partial charge is 0.191 e.